The van der Waals surface area contributed by atoms with Crippen LogP contribution in [0.3, 0.4) is 0 Å². The van der Waals surface area contributed by atoms with Gasteiger partial charge in [-0.15, -0.1) is 0 Å². The number of nitrogens with zero attached hydrogens (tertiary/aromatic N) is 1. The number of pyridine rings is 1. The summed E-state index contributed by atoms with van der Waals surface area (Å²) in [6.45, 7) is 1.10. The molecule has 2 rings (SSSR count). The van der Waals surface area contributed by atoms with Crippen LogP contribution in [0, 0.1) is 0 Å². The van der Waals surface area contributed by atoms with Gasteiger partial charge in [0.15, 0.2) is 0 Å². The number of amides is 1. The second-order valence-electron chi connectivity index (χ2n) is 4.76. The Balaban J connectivity index is 1.61. The Morgan fingerprint density at radius 1 is 1.17 bits per heavy atom. The minimum absolute atomic E-state index is 0.139. The number of ether oxygens (including phenoxy) is 2. The first kappa shape index (κ1) is 16.5. The van der Waals surface area contributed by atoms with E-state index in [1.54, 1.807) is 19.4 Å². The smallest absolute Gasteiger partial charge is 0.244 e. The Morgan fingerprint density at radius 2 is 1.96 bits per heavy atom. The topological polar surface area (TPSA) is 60.5 Å². The highest BCUT2D eigenvalue weighted by Gasteiger charge is 1.97. The third-order valence-corrected chi connectivity index (χ3v) is 3.04. The zero-order chi connectivity index (χ0) is 16.3. The molecule has 1 aromatic carbocycles. The summed E-state index contributed by atoms with van der Waals surface area (Å²) in [5, 5.41) is 2.80. The number of benzene rings is 1. The van der Waals surface area contributed by atoms with Crippen molar-refractivity contribution >= 4 is 12.0 Å². The van der Waals surface area contributed by atoms with E-state index in [9.17, 15) is 4.79 Å². The molecule has 1 N–H and O–H groups in total. The lowest BCUT2D eigenvalue weighted by Crippen LogP contribution is -2.23. The zero-order valence-corrected chi connectivity index (χ0v) is 13.1. The van der Waals surface area contributed by atoms with Gasteiger partial charge in [-0.3, -0.25) is 9.78 Å². The monoisotopic (exact) mass is 312 g/mol. The second-order valence-corrected chi connectivity index (χ2v) is 4.76. The quantitative estimate of drug-likeness (QED) is 0.601. The number of nitrogens with one attached hydrogen (secondary N) is 1. The Bertz CT molecular complexity index is 624. The van der Waals surface area contributed by atoms with Gasteiger partial charge in [-0.05, 0) is 48.9 Å². The first-order valence-electron chi connectivity index (χ1n) is 7.42. The number of carbonyl (C=O) groups excluding carboxylic acids is 1. The summed E-state index contributed by atoms with van der Waals surface area (Å²) in [6.07, 6.45) is 5.58. The van der Waals surface area contributed by atoms with E-state index in [0.29, 0.717) is 13.2 Å². The zero-order valence-electron chi connectivity index (χ0n) is 13.1. The van der Waals surface area contributed by atoms with Crippen LogP contribution in [0.5, 0.6) is 11.5 Å². The van der Waals surface area contributed by atoms with Gasteiger partial charge in [0.1, 0.15) is 11.5 Å². The van der Waals surface area contributed by atoms with Gasteiger partial charge in [-0.2, -0.15) is 0 Å². The molecule has 1 aromatic heterocycles. The fourth-order valence-electron chi connectivity index (χ4n) is 1.84. The molecule has 0 aliphatic heterocycles. The summed E-state index contributed by atoms with van der Waals surface area (Å²) in [5.74, 6) is 1.44. The average molecular weight is 312 g/mol. The largest absolute Gasteiger partial charge is 0.497 e. The molecule has 0 aliphatic carbocycles. The van der Waals surface area contributed by atoms with Crippen LogP contribution >= 0.6 is 0 Å². The highest BCUT2D eigenvalue weighted by molar-refractivity contribution is 5.91. The van der Waals surface area contributed by atoms with E-state index in [-0.39, 0.29) is 5.91 Å². The summed E-state index contributed by atoms with van der Waals surface area (Å²) in [4.78, 5) is 15.8. The molecule has 5 heteroatoms. The van der Waals surface area contributed by atoms with Crippen molar-refractivity contribution in [2.75, 3.05) is 20.3 Å². The predicted molar refractivity (Wildman–Crippen MR) is 89.4 cm³/mol. The Kier molecular flexibility index (Phi) is 6.65. The van der Waals surface area contributed by atoms with Crippen LogP contribution < -0.4 is 14.8 Å². The lowest BCUT2D eigenvalue weighted by molar-refractivity contribution is -0.116. The van der Waals surface area contributed by atoms with Gasteiger partial charge in [0.05, 0.1) is 19.4 Å². The van der Waals surface area contributed by atoms with E-state index in [1.165, 1.54) is 6.08 Å². The van der Waals surface area contributed by atoms with Crippen molar-refractivity contribution in [1.82, 2.24) is 10.3 Å². The molecule has 1 heterocycles. The van der Waals surface area contributed by atoms with Crippen LogP contribution in [0.4, 0.5) is 0 Å². The molecule has 0 saturated heterocycles. The summed E-state index contributed by atoms with van der Waals surface area (Å²) < 4.78 is 10.7. The maximum absolute atomic E-state index is 11.6. The Hall–Kier alpha value is -2.82. The summed E-state index contributed by atoms with van der Waals surface area (Å²) >= 11 is 0. The molecule has 0 atom stereocenters. The molecule has 0 unspecified atom stereocenters. The molecule has 2 aromatic rings. The lowest BCUT2D eigenvalue weighted by Gasteiger charge is -2.07. The van der Waals surface area contributed by atoms with Crippen molar-refractivity contribution < 1.29 is 14.3 Å². The van der Waals surface area contributed by atoms with Gasteiger partial charge in [0.25, 0.3) is 0 Å². The summed E-state index contributed by atoms with van der Waals surface area (Å²) in [7, 11) is 1.63. The number of rotatable bonds is 8. The molecule has 120 valence electrons. The lowest BCUT2D eigenvalue weighted by atomic mass is 10.3. The third-order valence-electron chi connectivity index (χ3n) is 3.04. The molecule has 0 aliphatic rings. The summed E-state index contributed by atoms with van der Waals surface area (Å²) in [5.41, 5.74) is 0.755. The highest BCUT2D eigenvalue weighted by atomic mass is 16.5. The molecule has 0 spiro atoms. The number of methoxy groups -OCH3 is 1. The van der Waals surface area contributed by atoms with Gasteiger partial charge in [-0.1, -0.05) is 6.07 Å². The van der Waals surface area contributed by atoms with Crippen LogP contribution in [-0.4, -0.2) is 31.2 Å². The molecule has 5 nitrogen and oxygen atoms in total. The van der Waals surface area contributed by atoms with E-state index in [0.717, 1.165) is 23.6 Å². The van der Waals surface area contributed by atoms with Gasteiger partial charge in [0.2, 0.25) is 5.91 Å². The van der Waals surface area contributed by atoms with Crippen LogP contribution in [0.25, 0.3) is 6.08 Å². The fraction of sp³-hybridized carbons (Fsp3) is 0.222. The maximum Gasteiger partial charge on any atom is 0.244 e. The molecule has 23 heavy (non-hydrogen) atoms. The first-order chi connectivity index (χ1) is 11.3. The van der Waals surface area contributed by atoms with Crippen LogP contribution in [0.2, 0.25) is 0 Å². The maximum atomic E-state index is 11.6. The van der Waals surface area contributed by atoms with E-state index < -0.39 is 0 Å². The fourth-order valence-corrected chi connectivity index (χ4v) is 1.84. The number of aromatic nitrogens is 1. The standard InChI is InChI=1S/C18H20N2O3/c1-22-16-7-9-17(10-8-16)23-14-4-13-20-18(21)11-6-15-5-2-3-12-19-15/h2-3,5-12H,4,13-14H2,1H3,(H,20,21)/b11-6+. The molecule has 0 fully saturated rings. The van der Waals surface area contributed by atoms with Crippen molar-refractivity contribution in [2.24, 2.45) is 0 Å². The van der Waals surface area contributed by atoms with E-state index in [1.807, 2.05) is 42.5 Å². The van der Waals surface area contributed by atoms with E-state index in [2.05, 4.69) is 10.3 Å². The SMILES string of the molecule is COc1ccc(OCCCNC(=O)/C=C/c2ccccn2)cc1. The Morgan fingerprint density at radius 3 is 2.65 bits per heavy atom. The Labute approximate surface area is 136 Å². The number of carbonyl (C=O) groups is 1. The van der Waals surface area contributed by atoms with Gasteiger partial charge >= 0.3 is 0 Å². The molecular formula is C18H20N2O3. The number of hydrogen-bond acceptors (Lipinski definition) is 4. The van der Waals surface area contributed by atoms with Gasteiger partial charge < -0.3 is 14.8 Å². The van der Waals surface area contributed by atoms with Gasteiger partial charge in [-0.25, -0.2) is 0 Å². The van der Waals surface area contributed by atoms with Crippen molar-refractivity contribution in [3.05, 3.63) is 60.4 Å². The second kappa shape index (κ2) is 9.25. The molecule has 1 amide bonds. The van der Waals surface area contributed by atoms with Crippen molar-refractivity contribution in [3.63, 3.8) is 0 Å². The highest BCUT2D eigenvalue weighted by Crippen LogP contribution is 2.16. The third kappa shape index (κ3) is 6.22. The molecular weight excluding hydrogens is 292 g/mol. The van der Waals surface area contributed by atoms with Crippen molar-refractivity contribution in [1.29, 1.82) is 0 Å². The first-order valence-corrected chi connectivity index (χ1v) is 7.42. The van der Waals surface area contributed by atoms with Crippen LogP contribution in [0.15, 0.2) is 54.7 Å². The van der Waals surface area contributed by atoms with Gasteiger partial charge in [0, 0.05) is 18.8 Å². The van der Waals surface area contributed by atoms with Crippen molar-refractivity contribution in [3.8, 4) is 11.5 Å². The minimum atomic E-state index is -0.139. The van der Waals surface area contributed by atoms with Crippen LogP contribution in [0.1, 0.15) is 12.1 Å². The average Bonchev–Trinajstić information content (AvgIpc) is 2.61. The van der Waals surface area contributed by atoms with Crippen molar-refractivity contribution in [2.45, 2.75) is 6.42 Å². The van der Waals surface area contributed by atoms with E-state index >= 15 is 0 Å². The molecule has 0 saturated carbocycles. The predicted octanol–water partition coefficient (Wildman–Crippen LogP) is 2.69. The van der Waals surface area contributed by atoms with Crippen LogP contribution in [-0.2, 0) is 4.79 Å². The molecule has 0 radical (unpaired) electrons. The molecule has 0 bridgehead atoms. The number of hydrogen-bond donors (Lipinski definition) is 1. The minimum Gasteiger partial charge on any atom is -0.497 e. The van der Waals surface area contributed by atoms with E-state index in [4.69, 9.17) is 9.47 Å². The summed E-state index contributed by atoms with van der Waals surface area (Å²) in [6, 6.07) is 13.0. The normalized spacial score (nSPS) is 10.5.